The predicted octanol–water partition coefficient (Wildman–Crippen LogP) is 2.97. The summed E-state index contributed by atoms with van der Waals surface area (Å²) < 4.78 is 42.9. The van der Waals surface area contributed by atoms with Gasteiger partial charge in [0.2, 0.25) is 0 Å². The maximum atomic E-state index is 12.4. The molecule has 7 nitrogen and oxygen atoms in total. The summed E-state index contributed by atoms with van der Waals surface area (Å²) in [7, 11) is 0. The first-order valence-electron chi connectivity index (χ1n) is 8.38. The summed E-state index contributed by atoms with van der Waals surface area (Å²) in [4.78, 5) is 28.4. The van der Waals surface area contributed by atoms with Gasteiger partial charge in [0, 0.05) is 11.7 Å². The molecule has 0 fully saturated rings. The van der Waals surface area contributed by atoms with Crippen LogP contribution in [0.15, 0.2) is 12.3 Å². The van der Waals surface area contributed by atoms with E-state index in [1.165, 1.54) is 6.20 Å². The number of halogens is 3. The van der Waals surface area contributed by atoms with E-state index in [1.807, 2.05) is 27.7 Å². The number of nitrogens with one attached hydrogen (secondary N) is 1. The highest BCUT2D eigenvalue weighted by molar-refractivity contribution is 6.03. The number of pyridine rings is 1. The molecule has 0 saturated carbocycles. The second-order valence-electron chi connectivity index (χ2n) is 6.64. The van der Waals surface area contributed by atoms with Crippen molar-refractivity contribution in [3.63, 3.8) is 0 Å². The van der Waals surface area contributed by atoms with Gasteiger partial charge in [-0.25, -0.2) is 14.5 Å². The van der Waals surface area contributed by atoms with Crippen LogP contribution in [0.5, 0.6) is 0 Å². The molecule has 0 unspecified atom stereocenters. The van der Waals surface area contributed by atoms with Gasteiger partial charge in [0.15, 0.2) is 12.3 Å². The summed E-state index contributed by atoms with van der Waals surface area (Å²) in [6.07, 6.45) is -3.05. The van der Waals surface area contributed by atoms with E-state index in [-0.39, 0.29) is 17.5 Å². The van der Waals surface area contributed by atoms with E-state index in [4.69, 9.17) is 4.74 Å². The van der Waals surface area contributed by atoms with Crippen molar-refractivity contribution in [1.82, 2.24) is 20.1 Å². The van der Waals surface area contributed by atoms with Crippen molar-refractivity contribution in [2.75, 3.05) is 13.2 Å². The number of rotatable bonds is 6. The summed E-state index contributed by atoms with van der Waals surface area (Å²) in [5.41, 5.74) is 1.31. The standard InChI is InChI=1S/C17H21F3N4O3/c1-9(2)13-5-11(12-6-22-24(10(3)4)15(12)23-13)16(26)27-7-14(25)21-8-17(18,19)20/h5-6,9-10H,7-8H2,1-4H3,(H,21,25). The Balaban J connectivity index is 2.23. The van der Waals surface area contributed by atoms with Gasteiger partial charge in [-0.15, -0.1) is 0 Å². The number of hydrogen-bond acceptors (Lipinski definition) is 5. The highest BCUT2D eigenvalue weighted by Crippen LogP contribution is 2.25. The minimum absolute atomic E-state index is 0.00873. The third kappa shape index (κ3) is 5.18. The molecule has 0 saturated heterocycles. The lowest BCUT2D eigenvalue weighted by Gasteiger charge is -2.12. The van der Waals surface area contributed by atoms with Crippen molar-refractivity contribution >= 4 is 22.9 Å². The van der Waals surface area contributed by atoms with Crippen LogP contribution in [0.4, 0.5) is 13.2 Å². The second kappa shape index (κ2) is 7.93. The zero-order chi connectivity index (χ0) is 20.4. The van der Waals surface area contributed by atoms with Crippen molar-refractivity contribution in [2.24, 2.45) is 0 Å². The highest BCUT2D eigenvalue weighted by Gasteiger charge is 2.28. The maximum Gasteiger partial charge on any atom is 0.405 e. The van der Waals surface area contributed by atoms with Crippen molar-refractivity contribution < 1.29 is 27.5 Å². The second-order valence-corrected chi connectivity index (χ2v) is 6.64. The molecule has 0 atom stereocenters. The predicted molar refractivity (Wildman–Crippen MR) is 91.3 cm³/mol. The van der Waals surface area contributed by atoms with Crippen LogP contribution in [0.25, 0.3) is 11.0 Å². The molecule has 2 aromatic rings. The number of esters is 1. The largest absolute Gasteiger partial charge is 0.452 e. The number of aromatic nitrogens is 3. The molecular formula is C17H21F3N4O3. The SMILES string of the molecule is CC(C)c1cc(C(=O)OCC(=O)NCC(F)(F)F)c2cnn(C(C)C)c2n1. The minimum Gasteiger partial charge on any atom is -0.452 e. The average Bonchev–Trinajstić information content (AvgIpc) is 3.00. The maximum absolute atomic E-state index is 12.4. The molecule has 0 bridgehead atoms. The Hall–Kier alpha value is -2.65. The van der Waals surface area contributed by atoms with Crippen molar-refractivity contribution in [3.05, 3.63) is 23.5 Å². The smallest absolute Gasteiger partial charge is 0.405 e. The number of alkyl halides is 3. The molecule has 1 N–H and O–H groups in total. The van der Waals surface area contributed by atoms with Crippen LogP contribution >= 0.6 is 0 Å². The zero-order valence-corrected chi connectivity index (χ0v) is 15.4. The Labute approximate surface area is 153 Å². The van der Waals surface area contributed by atoms with Crippen LogP contribution in [0.2, 0.25) is 0 Å². The van der Waals surface area contributed by atoms with Crippen molar-refractivity contribution in [2.45, 2.75) is 45.8 Å². The minimum atomic E-state index is -4.53. The van der Waals surface area contributed by atoms with E-state index >= 15 is 0 Å². The summed E-state index contributed by atoms with van der Waals surface area (Å²) in [6.45, 7) is 5.35. The van der Waals surface area contributed by atoms with Crippen LogP contribution in [0, 0.1) is 0 Å². The van der Waals surface area contributed by atoms with E-state index in [1.54, 1.807) is 16.1 Å². The Morgan fingerprint density at radius 3 is 2.48 bits per heavy atom. The van der Waals surface area contributed by atoms with Crippen LogP contribution in [0.3, 0.4) is 0 Å². The molecule has 0 aliphatic heterocycles. The fourth-order valence-corrected chi connectivity index (χ4v) is 2.34. The molecule has 2 rings (SSSR count). The molecule has 148 valence electrons. The number of carbonyl (C=O) groups excluding carboxylic acids is 2. The average molecular weight is 386 g/mol. The monoisotopic (exact) mass is 386 g/mol. The van der Waals surface area contributed by atoms with Gasteiger partial charge in [0.1, 0.15) is 6.54 Å². The lowest BCUT2D eigenvalue weighted by atomic mass is 10.1. The Bertz CT molecular complexity index is 844. The van der Waals surface area contributed by atoms with Crippen LogP contribution < -0.4 is 5.32 Å². The fourth-order valence-electron chi connectivity index (χ4n) is 2.34. The van der Waals surface area contributed by atoms with Gasteiger partial charge < -0.3 is 10.1 Å². The number of ether oxygens (including phenoxy) is 1. The topological polar surface area (TPSA) is 86.1 Å². The van der Waals surface area contributed by atoms with E-state index < -0.39 is 31.2 Å². The summed E-state index contributed by atoms with van der Waals surface area (Å²) in [5, 5.41) is 6.33. The van der Waals surface area contributed by atoms with Gasteiger partial charge in [-0.1, -0.05) is 13.8 Å². The summed E-state index contributed by atoms with van der Waals surface area (Å²) in [5.74, 6) is -1.84. The third-order valence-electron chi connectivity index (χ3n) is 3.71. The van der Waals surface area contributed by atoms with Gasteiger partial charge in [-0.3, -0.25) is 4.79 Å². The lowest BCUT2D eigenvalue weighted by Crippen LogP contribution is -2.36. The van der Waals surface area contributed by atoms with Crippen LogP contribution in [-0.2, 0) is 9.53 Å². The van der Waals surface area contributed by atoms with E-state index in [0.717, 1.165) is 0 Å². The first-order chi connectivity index (χ1) is 12.5. The Morgan fingerprint density at radius 2 is 1.93 bits per heavy atom. The van der Waals surface area contributed by atoms with E-state index in [9.17, 15) is 22.8 Å². The molecule has 0 aliphatic carbocycles. The highest BCUT2D eigenvalue weighted by atomic mass is 19.4. The van der Waals surface area contributed by atoms with Crippen LogP contribution in [-0.4, -0.2) is 46.0 Å². The normalized spacial score (nSPS) is 12.0. The van der Waals surface area contributed by atoms with Gasteiger partial charge in [-0.05, 0) is 25.8 Å². The number of fused-ring (bicyclic) bond motifs is 1. The van der Waals surface area contributed by atoms with Crippen molar-refractivity contribution in [1.29, 1.82) is 0 Å². The van der Waals surface area contributed by atoms with E-state index in [2.05, 4.69) is 10.1 Å². The van der Waals surface area contributed by atoms with Gasteiger partial charge in [0.25, 0.3) is 5.91 Å². The number of nitrogens with zero attached hydrogens (tertiary/aromatic N) is 3. The molecule has 0 aliphatic rings. The molecule has 1 amide bonds. The van der Waals surface area contributed by atoms with Gasteiger partial charge >= 0.3 is 12.1 Å². The third-order valence-corrected chi connectivity index (χ3v) is 3.71. The first-order valence-corrected chi connectivity index (χ1v) is 8.38. The molecule has 2 aromatic heterocycles. The molecule has 27 heavy (non-hydrogen) atoms. The molecule has 0 aromatic carbocycles. The molecule has 0 spiro atoms. The fraction of sp³-hybridized carbons (Fsp3) is 0.529. The quantitative estimate of drug-likeness (QED) is 0.772. The van der Waals surface area contributed by atoms with Gasteiger partial charge in [0.05, 0.1) is 17.1 Å². The molecule has 10 heteroatoms. The molecule has 0 radical (unpaired) electrons. The molecule has 2 heterocycles. The summed E-state index contributed by atoms with van der Waals surface area (Å²) in [6, 6.07) is 1.56. The number of carbonyl (C=O) groups is 2. The summed E-state index contributed by atoms with van der Waals surface area (Å²) >= 11 is 0. The Morgan fingerprint density at radius 1 is 1.26 bits per heavy atom. The molecular weight excluding hydrogens is 365 g/mol. The van der Waals surface area contributed by atoms with Crippen molar-refractivity contribution in [3.8, 4) is 0 Å². The number of hydrogen-bond donors (Lipinski definition) is 1. The lowest BCUT2D eigenvalue weighted by molar-refractivity contribution is -0.140. The Kier molecular flexibility index (Phi) is 6.07. The zero-order valence-electron chi connectivity index (χ0n) is 15.4. The van der Waals surface area contributed by atoms with Gasteiger partial charge in [-0.2, -0.15) is 18.3 Å². The van der Waals surface area contributed by atoms with E-state index in [0.29, 0.717) is 16.7 Å². The van der Waals surface area contributed by atoms with Crippen LogP contribution in [0.1, 0.15) is 55.7 Å². The number of amides is 1. The first kappa shape index (κ1) is 20.7.